The van der Waals surface area contributed by atoms with Crippen molar-refractivity contribution in [3.05, 3.63) is 205 Å². The van der Waals surface area contributed by atoms with Crippen molar-refractivity contribution in [2.24, 2.45) is 65.7 Å². The van der Waals surface area contributed by atoms with E-state index in [1.807, 2.05) is 58.9 Å². The number of esters is 4. The first-order valence-electron chi connectivity index (χ1n) is 43.8. The van der Waals surface area contributed by atoms with E-state index in [1.165, 1.54) is 16.2 Å². The summed E-state index contributed by atoms with van der Waals surface area (Å²) >= 11 is 0. The number of benzene rings is 4. The zero-order valence-corrected chi connectivity index (χ0v) is 76.2. The van der Waals surface area contributed by atoms with Gasteiger partial charge in [0.25, 0.3) is 22.2 Å². The van der Waals surface area contributed by atoms with Crippen LogP contribution in [0.25, 0.3) is 0 Å². The van der Waals surface area contributed by atoms with E-state index in [2.05, 4.69) is 68.6 Å². The van der Waals surface area contributed by atoms with Crippen LogP contribution in [0, 0.1) is 83.8 Å². The maximum Gasteiger partial charge on any atom is 0.338 e. The number of pyridine rings is 4. The van der Waals surface area contributed by atoms with Gasteiger partial charge in [-0.2, -0.15) is 41.5 Å². The van der Waals surface area contributed by atoms with E-state index in [0.29, 0.717) is 95.6 Å². The lowest BCUT2D eigenvalue weighted by molar-refractivity contribution is 0.0426. The lowest BCUT2D eigenvalue weighted by Gasteiger charge is -2.19. The number of nitrogens with zero attached hydrogens (tertiary/aromatic N) is 16. The number of hydrogen-bond acceptors (Lipinski definition) is 28. The number of rotatable bonds is 41. The van der Waals surface area contributed by atoms with Crippen LogP contribution in [0.3, 0.4) is 0 Å². The summed E-state index contributed by atoms with van der Waals surface area (Å²) in [6, 6.07) is 33.3. The highest BCUT2D eigenvalue weighted by atomic mass is 16.5. The van der Waals surface area contributed by atoms with Gasteiger partial charge in [-0.25, -0.2) is 19.2 Å². The molecule has 0 aliphatic rings. The molecule has 0 saturated heterocycles. The fraction of sp³-hybridized carbons (Fsp3) is 0.458. The minimum absolute atomic E-state index is 0.00614. The number of unbranched alkanes of at least 4 members (excludes halogenated alkanes) is 6. The Balaban J connectivity index is 0.000000303. The maximum absolute atomic E-state index is 13.2. The average molecular weight is 1750 g/mol. The van der Waals surface area contributed by atoms with Crippen LogP contribution in [-0.4, -0.2) is 89.0 Å². The zero-order valence-electron chi connectivity index (χ0n) is 76.2. The molecule has 32 heteroatoms. The minimum atomic E-state index is -0.533. The van der Waals surface area contributed by atoms with E-state index < -0.39 is 40.1 Å². The molecule has 0 aliphatic carbocycles. The molecule has 0 aliphatic heterocycles. The van der Waals surface area contributed by atoms with Gasteiger partial charge in [-0.3, -0.25) is 37.4 Å². The molecule has 3 atom stereocenters. The standard InChI is InChI=1S/2C26H34N4O4.C24H30N4O4.C20H22N4O4/c1-5-8-10-19(7-3)17-30-24(31)22(16-27)18(4)23(25(30)32)29-28-21-13-11-20(12-14-21)26(33)34-15-9-6-2;1-5-8-10-19(7-3)17-34-26(33)20-11-13-21(14-12-20)28-29-23-18(4)22(16-27)24(31)30(25(23)32)15-9-6-2;1-5-8-9-17(6-2)15-28-22(29)20(14-25)16(4)21(23(28)30)27-26-19-12-10-18(11-13-19)24(31)32-7-3;1-4-6-7-15-16(12-21)18(25)24(3)19(26)17(15)23-22-14-10-8-13(9-11-14)20(27)28-5-2/h2*11-14,19,31H,5-10,15,17H2,1-4H3;10-13,17,29H,5-9,15H2,1-4H3;8-11,25H,4-7H2,1-3H3. The summed E-state index contributed by atoms with van der Waals surface area (Å²) in [7, 11) is 1.37. The van der Waals surface area contributed by atoms with Gasteiger partial charge in [0.05, 0.1) is 71.4 Å². The summed E-state index contributed by atoms with van der Waals surface area (Å²) in [5.41, 5.74) is 2.69. The Labute approximate surface area is 747 Å². The largest absolute Gasteiger partial charge is 0.493 e. The molecule has 0 saturated carbocycles. The summed E-state index contributed by atoms with van der Waals surface area (Å²) in [5.74, 6) is -2.26. The Morgan fingerprint density at radius 2 is 0.664 bits per heavy atom. The molecule has 128 heavy (non-hydrogen) atoms. The fourth-order valence-corrected chi connectivity index (χ4v) is 13.1. The molecule has 4 N–H and O–H groups in total. The average Bonchev–Trinajstić information content (AvgIpc) is 0.792. The van der Waals surface area contributed by atoms with Crippen molar-refractivity contribution in [1.82, 2.24) is 18.3 Å². The smallest absolute Gasteiger partial charge is 0.338 e. The van der Waals surface area contributed by atoms with E-state index in [-0.39, 0.29) is 123 Å². The van der Waals surface area contributed by atoms with Crippen LogP contribution in [0.2, 0.25) is 0 Å². The van der Waals surface area contributed by atoms with Gasteiger partial charge in [0.15, 0.2) is 22.7 Å². The summed E-state index contributed by atoms with van der Waals surface area (Å²) in [6.07, 6.45) is 17.2. The molecule has 680 valence electrons. The Kier molecular flexibility index (Phi) is 44.8. The number of azo groups is 4. The molecule has 0 radical (unpaired) electrons. The van der Waals surface area contributed by atoms with Gasteiger partial charge in [-0.05, 0) is 194 Å². The van der Waals surface area contributed by atoms with Gasteiger partial charge in [0.1, 0.15) is 46.5 Å². The van der Waals surface area contributed by atoms with E-state index in [4.69, 9.17) is 18.9 Å². The topological polar surface area (TPSA) is 468 Å². The van der Waals surface area contributed by atoms with Gasteiger partial charge in [0.2, 0.25) is 23.5 Å². The first-order valence-corrected chi connectivity index (χ1v) is 43.8. The van der Waals surface area contributed by atoms with Crippen LogP contribution < -0.4 is 22.2 Å². The number of hydrogen-bond donors (Lipinski definition) is 4. The number of aromatic nitrogens is 4. The highest BCUT2D eigenvalue weighted by Crippen LogP contribution is 2.34. The molecule has 32 nitrogen and oxygen atoms in total. The van der Waals surface area contributed by atoms with Crippen LogP contribution in [-0.2, 0) is 52.1 Å². The Morgan fingerprint density at radius 3 is 0.984 bits per heavy atom. The number of aromatic hydroxyl groups is 4. The van der Waals surface area contributed by atoms with E-state index in [9.17, 15) is 79.8 Å². The molecule has 4 aromatic heterocycles. The van der Waals surface area contributed by atoms with E-state index in [0.717, 1.165) is 118 Å². The summed E-state index contributed by atoms with van der Waals surface area (Å²) in [4.78, 5) is 99.6. The zero-order chi connectivity index (χ0) is 94.5. The number of carbonyl (C=O) groups is 4. The highest BCUT2D eigenvalue weighted by molar-refractivity contribution is 5.91. The first-order chi connectivity index (χ1) is 61.5. The number of carbonyl (C=O) groups excluding carboxylic acids is 4. The van der Waals surface area contributed by atoms with Crippen molar-refractivity contribution in [2.75, 3.05) is 26.4 Å². The second kappa shape index (κ2) is 54.8. The van der Waals surface area contributed by atoms with Crippen molar-refractivity contribution in [3.8, 4) is 47.8 Å². The predicted octanol–water partition coefficient (Wildman–Crippen LogP) is 22.1. The van der Waals surface area contributed by atoms with Crippen LogP contribution in [0.4, 0.5) is 45.5 Å². The number of ether oxygens (including phenoxy) is 4. The molecule has 4 heterocycles. The van der Waals surface area contributed by atoms with Crippen LogP contribution in [0.1, 0.15) is 278 Å². The summed E-state index contributed by atoms with van der Waals surface area (Å²) < 4.78 is 25.1. The maximum atomic E-state index is 13.2. The second-order valence-corrected chi connectivity index (χ2v) is 30.4. The minimum Gasteiger partial charge on any atom is -0.493 e. The molecule has 0 bridgehead atoms. The first kappa shape index (κ1) is 105. The summed E-state index contributed by atoms with van der Waals surface area (Å²) in [5, 5.41) is 112. The SMILES string of the molecule is CCCCC(CC)COC(=O)c1ccc(N=Nc2c(C)c(C#N)c(O)n(CCCC)c2=O)cc1.CCCCC(CC)Cn1c(O)c(C#N)c(C)c(N=Nc2ccc(C(=O)OCC)cc2)c1=O.CCCCOC(=O)c1ccc(N=Nc2c(C)c(C#N)c(O)n(CC(CC)CCCC)c2=O)cc1.CCCCc1c(C#N)c(O)n(C)c(=O)c1N=Nc1ccc(C(=O)OCC)cc1. The molecule has 0 amide bonds. The Bertz CT molecular complexity index is 5630. The normalized spacial score (nSPS) is 11.7. The van der Waals surface area contributed by atoms with Crippen LogP contribution in [0.5, 0.6) is 23.5 Å². The second-order valence-electron chi connectivity index (χ2n) is 30.4. The van der Waals surface area contributed by atoms with Crippen molar-refractivity contribution in [3.63, 3.8) is 0 Å². The van der Waals surface area contributed by atoms with Gasteiger partial charge in [0, 0.05) is 48.9 Å². The summed E-state index contributed by atoms with van der Waals surface area (Å²) in [6.45, 7) is 28.9. The quantitative estimate of drug-likeness (QED) is 0.0120. The van der Waals surface area contributed by atoms with Gasteiger partial charge in [-0.15, -0.1) is 20.5 Å². The van der Waals surface area contributed by atoms with Gasteiger partial charge in [-0.1, -0.05) is 139 Å². The molecule has 3 unspecified atom stereocenters. The molecular weight excluding hydrogens is 1630 g/mol. The lowest BCUT2D eigenvalue weighted by atomic mass is 9.99. The van der Waals surface area contributed by atoms with Crippen molar-refractivity contribution in [2.45, 2.75) is 239 Å². The van der Waals surface area contributed by atoms with Crippen molar-refractivity contribution >= 4 is 69.4 Å². The lowest BCUT2D eigenvalue weighted by Crippen LogP contribution is -2.25. The Morgan fingerprint density at radius 1 is 0.359 bits per heavy atom. The third-order valence-corrected chi connectivity index (χ3v) is 21.3. The monoisotopic (exact) mass is 1750 g/mol. The number of nitriles is 4. The molecule has 8 aromatic rings. The van der Waals surface area contributed by atoms with Crippen molar-refractivity contribution in [1.29, 1.82) is 21.0 Å². The molecule has 4 aromatic carbocycles. The molecule has 0 spiro atoms. The molecule has 0 fully saturated rings. The van der Waals surface area contributed by atoms with E-state index >= 15 is 0 Å². The fourth-order valence-electron chi connectivity index (χ4n) is 13.1. The van der Waals surface area contributed by atoms with Crippen molar-refractivity contribution < 1.29 is 58.6 Å². The third kappa shape index (κ3) is 29.6. The Hall–Kier alpha value is -13.9. The van der Waals surface area contributed by atoms with Gasteiger partial charge >= 0.3 is 23.9 Å². The highest BCUT2D eigenvalue weighted by Gasteiger charge is 2.26. The molecular formula is C96H120N16O16. The van der Waals surface area contributed by atoms with Gasteiger partial charge < -0.3 is 39.4 Å². The third-order valence-electron chi connectivity index (χ3n) is 21.3. The van der Waals surface area contributed by atoms with Crippen LogP contribution >= 0.6 is 0 Å². The van der Waals surface area contributed by atoms with Crippen LogP contribution in [0.15, 0.2) is 157 Å². The molecule has 8 rings (SSSR count). The predicted molar refractivity (Wildman–Crippen MR) is 487 cm³/mol. The van der Waals surface area contributed by atoms with E-state index in [1.54, 1.807) is 132 Å².